The second kappa shape index (κ2) is 11.6. The molecule has 3 N–H and O–H groups in total. The van der Waals surface area contributed by atoms with E-state index in [1.807, 2.05) is 0 Å². The summed E-state index contributed by atoms with van der Waals surface area (Å²) in [5.41, 5.74) is 5.39. The van der Waals surface area contributed by atoms with Gasteiger partial charge in [-0.25, -0.2) is 9.05 Å². The van der Waals surface area contributed by atoms with Crippen molar-refractivity contribution < 1.29 is 18.7 Å². The molecule has 0 fully saturated rings. The lowest BCUT2D eigenvalue weighted by atomic mass is 10.2. The lowest BCUT2D eigenvalue weighted by Crippen LogP contribution is -2.33. The summed E-state index contributed by atoms with van der Waals surface area (Å²) < 4.78 is 10.1. The molecule has 0 rings (SSSR count). The molecule has 0 saturated carbocycles. The molecule has 0 saturated heterocycles. The number of carbonyl (C=O) groups excluding carboxylic acids is 1. The Balaban J connectivity index is 3.81. The van der Waals surface area contributed by atoms with Gasteiger partial charge in [-0.2, -0.15) is 0 Å². The first-order valence-corrected chi connectivity index (χ1v) is 8.65. The molecule has 0 aliphatic carbocycles. The third kappa shape index (κ3) is 10.2. The zero-order chi connectivity index (χ0) is 14.6. The lowest BCUT2D eigenvalue weighted by molar-refractivity contribution is -0.218. The van der Waals surface area contributed by atoms with Crippen molar-refractivity contribution in [2.75, 3.05) is 32.5 Å². The molecule has 0 aliphatic rings. The largest absolute Gasteiger partial charge is 0.631 e. The van der Waals surface area contributed by atoms with Crippen molar-refractivity contribution in [3.8, 4) is 0 Å². The van der Waals surface area contributed by atoms with Crippen molar-refractivity contribution in [1.29, 1.82) is 0 Å². The monoisotopic (exact) mass is 294 g/mol. The van der Waals surface area contributed by atoms with Gasteiger partial charge in [0.15, 0.2) is 6.16 Å². The molecule has 7 heteroatoms. The van der Waals surface area contributed by atoms with Gasteiger partial charge in [0.2, 0.25) is 7.94 Å². The van der Waals surface area contributed by atoms with Crippen LogP contribution in [0.15, 0.2) is 0 Å². The van der Waals surface area contributed by atoms with Crippen LogP contribution in [0.4, 0.5) is 0 Å². The molecular formula is C12H27N2O4P. The Morgan fingerprint density at radius 2 is 1.74 bits per heavy atom. The summed E-state index contributed by atoms with van der Waals surface area (Å²) in [4.78, 5) is 23.7. The highest BCUT2D eigenvalue weighted by Crippen LogP contribution is 2.51. The third-order valence-electron chi connectivity index (χ3n) is 2.44. The van der Waals surface area contributed by atoms with Gasteiger partial charge in [0, 0.05) is 6.54 Å². The van der Waals surface area contributed by atoms with Crippen LogP contribution in [0.2, 0.25) is 0 Å². The van der Waals surface area contributed by atoms with E-state index < -0.39 is 7.94 Å². The average molecular weight is 294 g/mol. The fourth-order valence-electron chi connectivity index (χ4n) is 1.60. The zero-order valence-electron chi connectivity index (χ0n) is 12.0. The quantitative estimate of drug-likeness (QED) is 0.410. The molecule has 0 aromatic carbocycles. The molecule has 0 aromatic rings. The molecule has 0 spiro atoms. The van der Waals surface area contributed by atoms with Gasteiger partial charge in [-0.1, -0.05) is 12.8 Å². The summed E-state index contributed by atoms with van der Waals surface area (Å²) in [6.45, 7) is 5.27. The number of carbonyl (C=O) groups is 1. The van der Waals surface area contributed by atoms with Crippen molar-refractivity contribution in [1.82, 2.24) is 5.32 Å². The molecule has 0 atom stereocenters. The highest BCUT2D eigenvalue weighted by atomic mass is 31.2. The van der Waals surface area contributed by atoms with Crippen LogP contribution in [0.5, 0.6) is 0 Å². The highest BCUT2D eigenvalue weighted by molar-refractivity contribution is 7.60. The maximum Gasteiger partial charge on any atom is 0.262 e. The fourth-order valence-corrected chi connectivity index (χ4v) is 3.11. The van der Waals surface area contributed by atoms with Crippen LogP contribution < -0.4 is 15.9 Å². The predicted octanol–water partition coefficient (Wildman–Crippen LogP) is 0.818. The first kappa shape index (κ1) is 18.7. The van der Waals surface area contributed by atoms with Gasteiger partial charge in [-0.3, -0.25) is 4.79 Å². The number of nitrogens with two attached hydrogens (primary N) is 1. The van der Waals surface area contributed by atoms with Gasteiger partial charge >= 0.3 is 0 Å². The molecular weight excluding hydrogens is 267 g/mol. The Bertz CT molecular complexity index is 236. The van der Waals surface area contributed by atoms with E-state index in [2.05, 4.69) is 5.32 Å². The smallest absolute Gasteiger partial charge is 0.262 e. The lowest BCUT2D eigenvalue weighted by Gasteiger charge is -2.25. The zero-order valence-corrected chi connectivity index (χ0v) is 12.9. The minimum Gasteiger partial charge on any atom is -0.631 e. The van der Waals surface area contributed by atoms with Crippen LogP contribution in [0.1, 0.15) is 39.5 Å². The van der Waals surface area contributed by atoms with Crippen molar-refractivity contribution in [3.63, 3.8) is 0 Å². The number of rotatable bonds is 12. The van der Waals surface area contributed by atoms with Gasteiger partial charge in [0.25, 0.3) is 5.91 Å². The molecule has 0 aliphatic heterocycles. The van der Waals surface area contributed by atoms with E-state index in [0.29, 0.717) is 13.1 Å². The SMILES string of the molecule is CCO[P+]([O-])(CC(=O)NCCCCCCN)OCC. The van der Waals surface area contributed by atoms with Crippen LogP contribution in [0.25, 0.3) is 0 Å². The van der Waals surface area contributed by atoms with E-state index in [0.717, 1.165) is 25.7 Å². The van der Waals surface area contributed by atoms with E-state index in [1.165, 1.54) is 0 Å². The Morgan fingerprint density at radius 1 is 1.16 bits per heavy atom. The second-order valence-corrected chi connectivity index (χ2v) is 6.21. The maximum absolute atomic E-state index is 12.1. The van der Waals surface area contributed by atoms with Gasteiger partial charge in [-0.05, 0) is 33.2 Å². The molecule has 0 unspecified atom stereocenters. The molecule has 0 heterocycles. The summed E-state index contributed by atoms with van der Waals surface area (Å²) in [5, 5.41) is 2.73. The summed E-state index contributed by atoms with van der Waals surface area (Å²) >= 11 is 0. The van der Waals surface area contributed by atoms with Crippen LogP contribution >= 0.6 is 7.94 Å². The van der Waals surface area contributed by atoms with Crippen LogP contribution in [-0.4, -0.2) is 38.4 Å². The van der Waals surface area contributed by atoms with Crippen LogP contribution in [0.3, 0.4) is 0 Å². The van der Waals surface area contributed by atoms with Crippen molar-refractivity contribution in [3.05, 3.63) is 0 Å². The summed E-state index contributed by atoms with van der Waals surface area (Å²) in [6.07, 6.45) is 3.81. The standard InChI is InChI=1S/C12H27N2O4P/c1-3-17-19(16,18-4-2)11-12(15)14-10-8-6-5-7-9-13/h3-11,13H2,1-2H3,(H,14,15). The molecule has 1 amide bonds. The fraction of sp³-hybridized carbons (Fsp3) is 0.917. The van der Waals surface area contributed by atoms with E-state index in [1.54, 1.807) is 13.8 Å². The summed E-state index contributed by atoms with van der Waals surface area (Å²) in [6, 6.07) is 0. The molecule has 0 aromatic heterocycles. The molecule has 6 nitrogen and oxygen atoms in total. The first-order valence-electron chi connectivity index (χ1n) is 6.92. The topological polar surface area (TPSA) is 96.6 Å². The minimum atomic E-state index is -3.27. The number of hydrogen-bond acceptors (Lipinski definition) is 5. The second-order valence-electron chi connectivity index (χ2n) is 4.16. The van der Waals surface area contributed by atoms with Crippen LogP contribution in [-0.2, 0) is 13.8 Å². The van der Waals surface area contributed by atoms with Crippen molar-refractivity contribution in [2.45, 2.75) is 39.5 Å². The Morgan fingerprint density at radius 3 is 2.26 bits per heavy atom. The maximum atomic E-state index is 12.1. The van der Waals surface area contributed by atoms with E-state index >= 15 is 0 Å². The summed E-state index contributed by atoms with van der Waals surface area (Å²) in [7, 11) is -3.27. The van der Waals surface area contributed by atoms with Gasteiger partial charge in [0.05, 0.1) is 13.2 Å². The Labute approximate surface area is 116 Å². The van der Waals surface area contributed by atoms with Gasteiger partial charge in [0.1, 0.15) is 0 Å². The highest BCUT2D eigenvalue weighted by Gasteiger charge is 2.32. The normalized spacial score (nSPS) is 11.6. The van der Waals surface area contributed by atoms with E-state index in [9.17, 15) is 9.69 Å². The van der Waals surface area contributed by atoms with Gasteiger partial charge < -0.3 is 15.9 Å². The molecule has 114 valence electrons. The molecule has 19 heavy (non-hydrogen) atoms. The van der Waals surface area contributed by atoms with E-state index in [-0.39, 0.29) is 25.3 Å². The summed E-state index contributed by atoms with van der Waals surface area (Å²) in [5.74, 6) is -0.288. The number of hydrogen-bond donors (Lipinski definition) is 2. The van der Waals surface area contributed by atoms with Crippen molar-refractivity contribution >= 4 is 13.9 Å². The third-order valence-corrected chi connectivity index (χ3v) is 4.42. The predicted molar refractivity (Wildman–Crippen MR) is 75.6 cm³/mol. The number of unbranched alkanes of at least 4 members (excludes halogenated alkanes) is 3. The molecule has 0 bridgehead atoms. The number of amides is 1. The Kier molecular flexibility index (Phi) is 11.4. The Hall–Kier alpha value is -0.260. The van der Waals surface area contributed by atoms with Crippen molar-refractivity contribution in [2.24, 2.45) is 5.73 Å². The van der Waals surface area contributed by atoms with Gasteiger partial charge in [-0.15, -0.1) is 0 Å². The average Bonchev–Trinajstić information content (AvgIpc) is 2.33. The first-order chi connectivity index (χ1) is 9.08. The minimum absolute atomic E-state index is 0.211. The molecule has 0 radical (unpaired) electrons. The van der Waals surface area contributed by atoms with Crippen LogP contribution in [0, 0.1) is 0 Å². The van der Waals surface area contributed by atoms with E-state index in [4.69, 9.17) is 14.8 Å². The number of nitrogens with one attached hydrogen (secondary N) is 1.